The molecular formula is C27H39N3O5S. The molecule has 0 radical (unpaired) electrons. The molecule has 9 heteroatoms. The molecule has 2 aromatic rings. The third-order valence-electron chi connectivity index (χ3n) is 5.68. The van der Waals surface area contributed by atoms with Crippen molar-refractivity contribution in [1.82, 2.24) is 10.2 Å². The van der Waals surface area contributed by atoms with Crippen LogP contribution in [-0.4, -0.2) is 56.6 Å². The van der Waals surface area contributed by atoms with Crippen molar-refractivity contribution in [3.8, 4) is 5.75 Å². The number of anilines is 1. The summed E-state index contributed by atoms with van der Waals surface area (Å²) in [5.74, 6) is -0.140. The number of hydrogen-bond donors (Lipinski definition) is 1. The van der Waals surface area contributed by atoms with Crippen LogP contribution in [0.2, 0.25) is 0 Å². The van der Waals surface area contributed by atoms with Crippen LogP contribution in [0.1, 0.15) is 50.8 Å². The van der Waals surface area contributed by atoms with Gasteiger partial charge in [0.15, 0.2) is 0 Å². The lowest BCUT2D eigenvalue weighted by atomic mass is 10.1. The predicted octanol–water partition coefficient (Wildman–Crippen LogP) is 3.80. The van der Waals surface area contributed by atoms with Crippen LogP contribution < -0.4 is 14.4 Å². The first-order valence-electron chi connectivity index (χ1n) is 12.0. The van der Waals surface area contributed by atoms with Gasteiger partial charge in [0.05, 0.1) is 19.1 Å². The minimum absolute atomic E-state index is 0.122. The first-order valence-corrected chi connectivity index (χ1v) is 13.8. The molecule has 0 aromatic heterocycles. The van der Waals surface area contributed by atoms with Gasteiger partial charge in [0, 0.05) is 12.1 Å². The number of hydrogen-bond acceptors (Lipinski definition) is 5. The van der Waals surface area contributed by atoms with Crippen molar-refractivity contribution in [2.75, 3.05) is 24.2 Å². The van der Waals surface area contributed by atoms with Crippen LogP contribution in [-0.2, 0) is 26.2 Å². The molecule has 0 aliphatic carbocycles. The van der Waals surface area contributed by atoms with E-state index in [1.54, 1.807) is 32.2 Å². The fourth-order valence-corrected chi connectivity index (χ4v) is 4.82. The van der Waals surface area contributed by atoms with Crippen molar-refractivity contribution < 1.29 is 22.7 Å². The van der Waals surface area contributed by atoms with Gasteiger partial charge in [-0.1, -0.05) is 31.2 Å². The molecule has 0 bridgehead atoms. The third-order valence-corrected chi connectivity index (χ3v) is 6.81. The second kappa shape index (κ2) is 11.8. The van der Waals surface area contributed by atoms with E-state index in [1.165, 1.54) is 4.90 Å². The highest BCUT2D eigenvalue weighted by Gasteiger charge is 2.33. The molecule has 0 unspecified atom stereocenters. The van der Waals surface area contributed by atoms with Crippen molar-refractivity contribution in [1.29, 1.82) is 0 Å². The van der Waals surface area contributed by atoms with E-state index in [9.17, 15) is 18.0 Å². The zero-order chi connectivity index (χ0) is 27.3. The number of benzene rings is 2. The van der Waals surface area contributed by atoms with Crippen LogP contribution in [0.3, 0.4) is 0 Å². The quantitative estimate of drug-likeness (QED) is 0.517. The lowest BCUT2D eigenvalue weighted by Crippen LogP contribution is -2.55. The van der Waals surface area contributed by atoms with Gasteiger partial charge in [-0.05, 0) is 75.9 Å². The molecule has 1 atom stereocenters. The summed E-state index contributed by atoms with van der Waals surface area (Å²) in [7, 11) is -2.23. The smallest absolute Gasteiger partial charge is 0.244 e. The Labute approximate surface area is 215 Å². The number of methoxy groups -OCH3 is 1. The molecule has 2 rings (SSSR count). The van der Waals surface area contributed by atoms with Crippen LogP contribution in [0.5, 0.6) is 5.75 Å². The number of aryl methyl sites for hydroxylation is 2. The molecule has 0 saturated heterocycles. The maximum atomic E-state index is 13.8. The average molecular weight is 518 g/mol. The number of carbonyl (C=O) groups excluding carboxylic acids is 2. The summed E-state index contributed by atoms with van der Waals surface area (Å²) in [6, 6.07) is 11.9. The molecular weight excluding hydrogens is 478 g/mol. The summed E-state index contributed by atoms with van der Waals surface area (Å²) >= 11 is 0. The second-order valence-corrected chi connectivity index (χ2v) is 12.0. The summed E-state index contributed by atoms with van der Waals surface area (Å²) in [5.41, 5.74) is 2.32. The number of nitrogens with one attached hydrogen (secondary N) is 1. The Morgan fingerprint density at radius 3 is 2.31 bits per heavy atom. The number of ether oxygens (including phenoxy) is 1. The van der Waals surface area contributed by atoms with E-state index in [0.717, 1.165) is 27.3 Å². The van der Waals surface area contributed by atoms with E-state index < -0.39 is 34.1 Å². The molecule has 198 valence electrons. The summed E-state index contributed by atoms with van der Waals surface area (Å²) in [5, 5.41) is 2.96. The lowest BCUT2D eigenvalue weighted by Gasteiger charge is -2.34. The molecule has 36 heavy (non-hydrogen) atoms. The minimum Gasteiger partial charge on any atom is -0.497 e. The predicted molar refractivity (Wildman–Crippen MR) is 144 cm³/mol. The van der Waals surface area contributed by atoms with Gasteiger partial charge in [-0.25, -0.2) is 8.42 Å². The second-order valence-electron chi connectivity index (χ2n) is 10.1. The summed E-state index contributed by atoms with van der Waals surface area (Å²) in [6.45, 7) is 10.8. The van der Waals surface area contributed by atoms with Gasteiger partial charge in [0.2, 0.25) is 21.8 Å². The molecule has 0 aliphatic rings. The fourth-order valence-electron chi connectivity index (χ4n) is 3.92. The minimum atomic E-state index is -3.79. The van der Waals surface area contributed by atoms with E-state index in [0.29, 0.717) is 17.9 Å². The maximum Gasteiger partial charge on any atom is 0.244 e. The van der Waals surface area contributed by atoms with Crippen molar-refractivity contribution in [2.45, 2.75) is 66.1 Å². The average Bonchev–Trinajstić information content (AvgIpc) is 2.77. The normalized spacial score (nSPS) is 12.6. The van der Waals surface area contributed by atoms with Crippen LogP contribution in [0.4, 0.5) is 5.69 Å². The van der Waals surface area contributed by atoms with Gasteiger partial charge in [-0.15, -0.1) is 0 Å². The van der Waals surface area contributed by atoms with Gasteiger partial charge < -0.3 is 15.0 Å². The highest BCUT2D eigenvalue weighted by Crippen LogP contribution is 2.25. The molecule has 0 saturated carbocycles. The number of amides is 2. The lowest BCUT2D eigenvalue weighted by molar-refractivity contribution is -0.141. The SMILES string of the molecule is CC[C@@H](C(=O)NC(C)(C)C)N(Cc1cccc(OC)c1)C(=O)CN(c1cc(C)ccc1C)S(C)(=O)=O. The molecule has 1 N–H and O–H groups in total. The summed E-state index contributed by atoms with van der Waals surface area (Å²) < 4.78 is 32.1. The number of nitrogens with zero attached hydrogens (tertiary/aromatic N) is 2. The van der Waals surface area contributed by atoms with Gasteiger partial charge in [-0.3, -0.25) is 13.9 Å². The fraction of sp³-hybridized carbons (Fsp3) is 0.481. The van der Waals surface area contributed by atoms with Gasteiger partial charge in [0.1, 0.15) is 18.3 Å². The maximum absolute atomic E-state index is 13.8. The van der Waals surface area contributed by atoms with E-state index in [4.69, 9.17) is 4.74 Å². The Balaban J connectivity index is 2.52. The van der Waals surface area contributed by atoms with Gasteiger partial charge in [-0.2, -0.15) is 0 Å². The van der Waals surface area contributed by atoms with Crippen LogP contribution >= 0.6 is 0 Å². The Kier molecular flexibility index (Phi) is 9.54. The molecule has 8 nitrogen and oxygen atoms in total. The zero-order valence-corrected chi connectivity index (χ0v) is 23.4. The number of sulfonamides is 1. The monoisotopic (exact) mass is 517 g/mol. The Hall–Kier alpha value is -3.07. The number of rotatable bonds is 10. The van der Waals surface area contributed by atoms with Crippen LogP contribution in [0, 0.1) is 13.8 Å². The largest absolute Gasteiger partial charge is 0.497 e. The Bertz CT molecular complexity index is 1190. The van der Waals surface area contributed by atoms with E-state index >= 15 is 0 Å². The topological polar surface area (TPSA) is 96.0 Å². The summed E-state index contributed by atoms with van der Waals surface area (Å²) in [4.78, 5) is 28.5. The zero-order valence-electron chi connectivity index (χ0n) is 22.6. The first kappa shape index (κ1) is 29.2. The van der Waals surface area contributed by atoms with Crippen molar-refractivity contribution in [3.05, 3.63) is 59.2 Å². The first-order chi connectivity index (χ1) is 16.7. The van der Waals surface area contributed by atoms with Crippen LogP contribution in [0.25, 0.3) is 0 Å². The molecule has 0 aliphatic heterocycles. The Morgan fingerprint density at radius 1 is 1.08 bits per heavy atom. The molecule has 0 spiro atoms. The van der Waals surface area contributed by atoms with Crippen molar-refractivity contribution in [3.63, 3.8) is 0 Å². The standard InChI is InChI=1S/C27H39N3O5S/c1-9-23(26(32)28-27(4,5)6)29(17-21-11-10-12-22(16-21)35-7)25(31)18-30(36(8,33)34)24-15-19(2)13-14-20(24)3/h10-16,23H,9,17-18H2,1-8H3,(H,28,32)/t23-/m0/s1. The van der Waals surface area contributed by atoms with Crippen molar-refractivity contribution in [2.24, 2.45) is 0 Å². The molecule has 2 aromatic carbocycles. The van der Waals surface area contributed by atoms with Gasteiger partial charge >= 0.3 is 0 Å². The van der Waals surface area contributed by atoms with E-state index in [-0.39, 0.29) is 12.5 Å². The van der Waals surface area contributed by atoms with E-state index in [2.05, 4.69) is 5.32 Å². The van der Waals surface area contributed by atoms with Crippen LogP contribution in [0.15, 0.2) is 42.5 Å². The van der Waals surface area contributed by atoms with Gasteiger partial charge in [0.25, 0.3) is 0 Å². The summed E-state index contributed by atoms with van der Waals surface area (Å²) in [6.07, 6.45) is 1.44. The molecule has 0 fully saturated rings. The van der Waals surface area contributed by atoms with E-state index in [1.807, 2.05) is 58.9 Å². The highest BCUT2D eigenvalue weighted by atomic mass is 32.2. The van der Waals surface area contributed by atoms with Crippen molar-refractivity contribution >= 4 is 27.5 Å². The number of carbonyl (C=O) groups is 2. The highest BCUT2D eigenvalue weighted by molar-refractivity contribution is 7.92. The Morgan fingerprint density at radius 2 is 1.75 bits per heavy atom. The third kappa shape index (κ3) is 7.98. The molecule has 0 heterocycles. The molecule has 2 amide bonds.